The molecule has 0 spiro atoms. The standard InChI is InChI=1S/C27H28N2O3S/c1-27(2,3)21-12-14-22(15-13-21)33(30,31)29-17-7-10-24(29)26-28-23-18-20(11-16-25(23)32-26)19-8-5-4-6-9-19/h4-6,8-9,11-16,18,24H,7,10,17H2,1-3H3. The second-order valence-corrected chi connectivity index (χ2v) is 11.5. The lowest BCUT2D eigenvalue weighted by Gasteiger charge is -2.23. The molecule has 0 N–H and O–H groups in total. The van der Waals surface area contributed by atoms with Gasteiger partial charge in [-0.1, -0.05) is 69.3 Å². The number of benzene rings is 3. The first kappa shape index (κ1) is 21.9. The third kappa shape index (κ3) is 4.09. The number of oxazole rings is 1. The van der Waals surface area contributed by atoms with E-state index in [0.717, 1.165) is 28.6 Å². The molecule has 5 nitrogen and oxygen atoms in total. The zero-order valence-electron chi connectivity index (χ0n) is 19.2. The Bertz CT molecular complexity index is 1390. The molecule has 0 radical (unpaired) electrons. The van der Waals surface area contributed by atoms with Crippen LogP contribution in [0.5, 0.6) is 0 Å². The van der Waals surface area contributed by atoms with E-state index in [1.165, 1.54) is 0 Å². The fourth-order valence-electron chi connectivity index (χ4n) is 4.43. The van der Waals surface area contributed by atoms with Crippen LogP contribution in [0.15, 0.2) is 82.1 Å². The summed E-state index contributed by atoms with van der Waals surface area (Å²) in [5.74, 6) is 0.461. The zero-order valence-corrected chi connectivity index (χ0v) is 20.0. The Labute approximate surface area is 195 Å². The number of nitrogens with zero attached hydrogens (tertiary/aromatic N) is 2. The van der Waals surface area contributed by atoms with Crippen molar-refractivity contribution in [3.8, 4) is 11.1 Å². The van der Waals surface area contributed by atoms with Gasteiger partial charge in [-0.05, 0) is 59.2 Å². The van der Waals surface area contributed by atoms with Gasteiger partial charge in [0.25, 0.3) is 0 Å². The predicted octanol–water partition coefficient (Wildman–Crippen LogP) is 6.32. The van der Waals surface area contributed by atoms with Crippen LogP contribution in [0, 0.1) is 0 Å². The maximum absolute atomic E-state index is 13.5. The van der Waals surface area contributed by atoms with E-state index in [9.17, 15) is 8.42 Å². The molecule has 0 bridgehead atoms. The van der Waals surface area contributed by atoms with Gasteiger partial charge in [-0.2, -0.15) is 4.31 Å². The van der Waals surface area contributed by atoms with Gasteiger partial charge in [0.05, 0.1) is 4.90 Å². The fraction of sp³-hybridized carbons (Fsp3) is 0.296. The molecule has 0 aliphatic carbocycles. The van der Waals surface area contributed by atoms with Crippen LogP contribution in [0.25, 0.3) is 22.2 Å². The Balaban J connectivity index is 1.46. The normalized spacial score (nSPS) is 17.6. The van der Waals surface area contributed by atoms with Gasteiger partial charge in [-0.3, -0.25) is 0 Å². The Kier molecular flexibility index (Phi) is 5.38. The third-order valence-electron chi connectivity index (χ3n) is 6.33. The lowest BCUT2D eigenvalue weighted by atomic mass is 9.87. The molecule has 3 aromatic carbocycles. The van der Waals surface area contributed by atoms with Crippen molar-refractivity contribution in [3.63, 3.8) is 0 Å². The van der Waals surface area contributed by atoms with Crippen LogP contribution < -0.4 is 0 Å². The highest BCUT2D eigenvalue weighted by molar-refractivity contribution is 7.89. The van der Waals surface area contributed by atoms with Crippen LogP contribution in [0.3, 0.4) is 0 Å². The summed E-state index contributed by atoms with van der Waals surface area (Å²) in [6.45, 7) is 6.80. The average Bonchev–Trinajstić information content (AvgIpc) is 3.46. The molecule has 5 rings (SSSR count). The summed E-state index contributed by atoms with van der Waals surface area (Å²) in [5, 5.41) is 0. The molecule has 4 aromatic rings. The summed E-state index contributed by atoms with van der Waals surface area (Å²) < 4.78 is 34.6. The van der Waals surface area contributed by atoms with Gasteiger partial charge in [0.15, 0.2) is 5.58 Å². The van der Waals surface area contributed by atoms with E-state index in [2.05, 4.69) is 32.9 Å². The summed E-state index contributed by atoms with van der Waals surface area (Å²) >= 11 is 0. The molecule has 0 amide bonds. The van der Waals surface area contributed by atoms with E-state index in [-0.39, 0.29) is 5.41 Å². The van der Waals surface area contributed by atoms with Gasteiger partial charge in [-0.15, -0.1) is 0 Å². The van der Waals surface area contributed by atoms with Gasteiger partial charge >= 0.3 is 0 Å². The van der Waals surface area contributed by atoms with E-state index in [0.29, 0.717) is 29.3 Å². The van der Waals surface area contributed by atoms with Crippen LogP contribution >= 0.6 is 0 Å². The van der Waals surface area contributed by atoms with Crippen LogP contribution in [0.4, 0.5) is 0 Å². The largest absolute Gasteiger partial charge is 0.439 e. The van der Waals surface area contributed by atoms with Crippen molar-refractivity contribution < 1.29 is 12.8 Å². The first-order valence-corrected chi connectivity index (χ1v) is 12.8. The van der Waals surface area contributed by atoms with Crippen LogP contribution in [-0.4, -0.2) is 24.3 Å². The minimum absolute atomic E-state index is 0.0325. The first-order valence-electron chi connectivity index (χ1n) is 11.3. The summed E-state index contributed by atoms with van der Waals surface area (Å²) in [6, 6.07) is 22.9. The Morgan fingerprint density at radius 2 is 1.67 bits per heavy atom. The van der Waals surface area contributed by atoms with Crippen molar-refractivity contribution in [1.82, 2.24) is 9.29 Å². The number of fused-ring (bicyclic) bond motifs is 1. The maximum atomic E-state index is 13.5. The third-order valence-corrected chi connectivity index (χ3v) is 8.25. The second kappa shape index (κ2) is 8.12. The molecule has 2 heterocycles. The summed E-state index contributed by atoms with van der Waals surface area (Å²) in [7, 11) is -3.65. The maximum Gasteiger partial charge on any atom is 0.243 e. The molecule has 170 valence electrons. The van der Waals surface area contributed by atoms with Crippen LogP contribution in [0.1, 0.15) is 51.1 Å². The predicted molar refractivity (Wildman–Crippen MR) is 130 cm³/mol. The second-order valence-electron chi connectivity index (χ2n) is 9.65. The zero-order chi connectivity index (χ0) is 23.2. The van der Waals surface area contributed by atoms with Crippen molar-refractivity contribution in [2.45, 2.75) is 50.0 Å². The molecule has 1 aliphatic rings. The highest BCUT2D eigenvalue weighted by atomic mass is 32.2. The van der Waals surface area contributed by atoms with Gasteiger partial charge in [0.2, 0.25) is 15.9 Å². The van der Waals surface area contributed by atoms with E-state index in [1.54, 1.807) is 16.4 Å². The van der Waals surface area contributed by atoms with Crippen LogP contribution in [0.2, 0.25) is 0 Å². The average molecular weight is 461 g/mol. The number of sulfonamides is 1. The molecule has 33 heavy (non-hydrogen) atoms. The molecule has 6 heteroatoms. The molecule has 1 aliphatic heterocycles. The molecule has 1 atom stereocenters. The summed E-state index contributed by atoms with van der Waals surface area (Å²) in [5.41, 5.74) is 4.64. The first-order chi connectivity index (χ1) is 15.7. The van der Waals surface area contributed by atoms with Crippen molar-refractivity contribution in [1.29, 1.82) is 0 Å². The van der Waals surface area contributed by atoms with Gasteiger partial charge < -0.3 is 4.42 Å². The Morgan fingerprint density at radius 1 is 0.939 bits per heavy atom. The van der Waals surface area contributed by atoms with Crippen molar-refractivity contribution in [3.05, 3.63) is 84.3 Å². The minimum atomic E-state index is -3.65. The molecule has 1 aromatic heterocycles. The molecular weight excluding hydrogens is 432 g/mol. The molecule has 1 saturated heterocycles. The van der Waals surface area contributed by atoms with Crippen molar-refractivity contribution in [2.75, 3.05) is 6.54 Å². The topological polar surface area (TPSA) is 63.4 Å². The van der Waals surface area contributed by atoms with Crippen molar-refractivity contribution >= 4 is 21.1 Å². The molecule has 0 saturated carbocycles. The van der Waals surface area contributed by atoms with E-state index >= 15 is 0 Å². The number of hydrogen-bond donors (Lipinski definition) is 0. The highest BCUT2D eigenvalue weighted by Crippen LogP contribution is 2.38. The fourth-order valence-corrected chi connectivity index (χ4v) is 6.09. The van der Waals surface area contributed by atoms with Crippen LogP contribution in [-0.2, 0) is 15.4 Å². The van der Waals surface area contributed by atoms with Gasteiger partial charge in [0, 0.05) is 6.54 Å². The summed E-state index contributed by atoms with van der Waals surface area (Å²) in [6.07, 6.45) is 1.47. The van der Waals surface area contributed by atoms with E-state index in [4.69, 9.17) is 9.40 Å². The minimum Gasteiger partial charge on any atom is -0.439 e. The summed E-state index contributed by atoms with van der Waals surface area (Å²) in [4.78, 5) is 5.02. The lowest BCUT2D eigenvalue weighted by molar-refractivity contribution is 0.337. The number of aromatic nitrogens is 1. The Morgan fingerprint density at radius 3 is 2.36 bits per heavy atom. The Hall–Kier alpha value is -2.96. The number of rotatable bonds is 4. The quantitative estimate of drug-likeness (QED) is 0.358. The molecule has 1 unspecified atom stereocenters. The smallest absolute Gasteiger partial charge is 0.243 e. The number of hydrogen-bond acceptors (Lipinski definition) is 4. The lowest BCUT2D eigenvalue weighted by Crippen LogP contribution is -2.31. The monoisotopic (exact) mass is 460 g/mol. The molecular formula is C27H28N2O3S. The SMILES string of the molecule is CC(C)(C)c1ccc(S(=O)(=O)N2CCCC2c2nc3cc(-c4ccccc4)ccc3o2)cc1. The molecule has 1 fully saturated rings. The van der Waals surface area contributed by atoms with Crippen molar-refractivity contribution in [2.24, 2.45) is 0 Å². The van der Waals surface area contributed by atoms with Gasteiger partial charge in [-0.25, -0.2) is 13.4 Å². The van der Waals surface area contributed by atoms with E-state index < -0.39 is 16.1 Å². The van der Waals surface area contributed by atoms with E-state index in [1.807, 2.05) is 48.5 Å². The van der Waals surface area contributed by atoms with Gasteiger partial charge in [0.1, 0.15) is 11.6 Å². The highest BCUT2D eigenvalue weighted by Gasteiger charge is 2.39.